The first-order valence-corrected chi connectivity index (χ1v) is 6.21. The molecule has 2 atom stereocenters. The molecule has 4 nitrogen and oxygen atoms in total. The molecule has 0 bridgehead atoms. The van der Waals surface area contributed by atoms with Gasteiger partial charge in [0.1, 0.15) is 0 Å². The first-order chi connectivity index (χ1) is 7.63. The molecule has 0 spiro atoms. The molecule has 94 valence electrons. The number of likely N-dealkylation sites (tertiary alicyclic amines) is 1. The van der Waals surface area contributed by atoms with Crippen molar-refractivity contribution in [1.29, 1.82) is 0 Å². The minimum Gasteiger partial charge on any atom is -0.465 e. The highest BCUT2D eigenvalue weighted by atomic mass is 16.5. The zero-order valence-electron chi connectivity index (χ0n) is 10.3. The second-order valence-corrected chi connectivity index (χ2v) is 4.51. The van der Waals surface area contributed by atoms with Crippen LogP contribution in [0, 0.1) is 0 Å². The van der Waals surface area contributed by atoms with E-state index in [1.54, 1.807) is 6.92 Å². The number of piperidine rings is 1. The molecule has 1 rings (SSSR count). The van der Waals surface area contributed by atoms with Crippen molar-refractivity contribution in [3.63, 3.8) is 0 Å². The van der Waals surface area contributed by atoms with Crippen LogP contribution in [-0.2, 0) is 9.53 Å². The molecule has 1 heterocycles. The quantitative estimate of drug-likeness (QED) is 0.719. The number of hydrogen-bond acceptors (Lipinski definition) is 4. The fraction of sp³-hybridized carbons (Fsp3) is 0.917. The number of carbonyl (C=O) groups excluding carboxylic acids is 1. The van der Waals surface area contributed by atoms with Crippen molar-refractivity contribution in [2.45, 2.75) is 51.7 Å². The van der Waals surface area contributed by atoms with Crippen LogP contribution in [0.15, 0.2) is 0 Å². The van der Waals surface area contributed by atoms with Crippen molar-refractivity contribution in [2.75, 3.05) is 19.7 Å². The first-order valence-electron chi connectivity index (χ1n) is 6.21. The number of carbonyl (C=O) groups is 1. The third-order valence-corrected chi connectivity index (χ3v) is 3.00. The summed E-state index contributed by atoms with van der Waals surface area (Å²) in [6.45, 7) is 5.37. The van der Waals surface area contributed by atoms with E-state index in [9.17, 15) is 9.90 Å². The van der Waals surface area contributed by atoms with Gasteiger partial charge in [-0.2, -0.15) is 0 Å². The largest absolute Gasteiger partial charge is 0.465 e. The number of nitrogens with zero attached hydrogens (tertiary/aromatic N) is 1. The van der Waals surface area contributed by atoms with Gasteiger partial charge in [-0.1, -0.05) is 6.42 Å². The molecule has 0 saturated carbocycles. The maximum Gasteiger partial charge on any atom is 0.320 e. The monoisotopic (exact) mass is 229 g/mol. The fourth-order valence-corrected chi connectivity index (χ4v) is 2.30. The molecule has 0 aromatic carbocycles. The average molecular weight is 229 g/mol. The second kappa shape index (κ2) is 6.86. The summed E-state index contributed by atoms with van der Waals surface area (Å²) in [6.07, 6.45) is 3.85. The molecule has 0 aromatic rings. The van der Waals surface area contributed by atoms with Crippen LogP contribution in [0.4, 0.5) is 0 Å². The van der Waals surface area contributed by atoms with E-state index in [4.69, 9.17) is 4.74 Å². The number of aliphatic hydroxyl groups excluding tert-OH is 1. The van der Waals surface area contributed by atoms with Crippen LogP contribution in [0.2, 0.25) is 0 Å². The van der Waals surface area contributed by atoms with Crippen molar-refractivity contribution in [2.24, 2.45) is 0 Å². The van der Waals surface area contributed by atoms with Crippen LogP contribution in [0.3, 0.4) is 0 Å². The maximum absolute atomic E-state index is 11.4. The SMILES string of the molecule is CCOC(=O)CN1CCCCC1CC(C)O. The Labute approximate surface area is 97.6 Å². The molecule has 1 saturated heterocycles. The normalized spacial score (nSPS) is 24.1. The predicted octanol–water partition coefficient (Wildman–Crippen LogP) is 1.17. The van der Waals surface area contributed by atoms with E-state index < -0.39 is 0 Å². The molecule has 2 unspecified atom stereocenters. The summed E-state index contributed by atoms with van der Waals surface area (Å²) in [5.74, 6) is -0.153. The molecule has 1 fully saturated rings. The molecule has 4 heteroatoms. The number of aliphatic hydroxyl groups is 1. The number of rotatable bonds is 5. The molecule has 16 heavy (non-hydrogen) atoms. The van der Waals surface area contributed by atoms with Gasteiger partial charge in [-0.3, -0.25) is 9.69 Å². The molecule has 0 aromatic heterocycles. The fourth-order valence-electron chi connectivity index (χ4n) is 2.30. The average Bonchev–Trinajstić information content (AvgIpc) is 2.20. The molecule has 0 amide bonds. The van der Waals surface area contributed by atoms with Gasteiger partial charge in [0.2, 0.25) is 0 Å². The number of ether oxygens (including phenoxy) is 1. The van der Waals surface area contributed by atoms with Crippen LogP contribution in [0.1, 0.15) is 39.5 Å². The van der Waals surface area contributed by atoms with Crippen LogP contribution >= 0.6 is 0 Å². The van der Waals surface area contributed by atoms with Crippen molar-refractivity contribution in [3.05, 3.63) is 0 Å². The van der Waals surface area contributed by atoms with E-state index >= 15 is 0 Å². The Bertz CT molecular complexity index is 218. The highest BCUT2D eigenvalue weighted by molar-refractivity contribution is 5.71. The number of hydrogen-bond donors (Lipinski definition) is 1. The molecule has 1 N–H and O–H groups in total. The summed E-state index contributed by atoms with van der Waals surface area (Å²) in [5, 5.41) is 9.42. The Morgan fingerprint density at radius 2 is 2.31 bits per heavy atom. The Kier molecular flexibility index (Phi) is 5.77. The van der Waals surface area contributed by atoms with Crippen molar-refractivity contribution in [1.82, 2.24) is 4.90 Å². The second-order valence-electron chi connectivity index (χ2n) is 4.51. The van der Waals surface area contributed by atoms with E-state index in [1.807, 2.05) is 6.92 Å². The van der Waals surface area contributed by atoms with E-state index in [2.05, 4.69) is 4.90 Å². The molecule has 0 radical (unpaired) electrons. The van der Waals surface area contributed by atoms with Crippen molar-refractivity contribution >= 4 is 5.97 Å². The zero-order valence-corrected chi connectivity index (χ0v) is 10.3. The topological polar surface area (TPSA) is 49.8 Å². The first kappa shape index (κ1) is 13.5. The molecular weight excluding hydrogens is 206 g/mol. The predicted molar refractivity (Wildman–Crippen MR) is 62.1 cm³/mol. The van der Waals surface area contributed by atoms with Crippen molar-refractivity contribution < 1.29 is 14.6 Å². The maximum atomic E-state index is 11.4. The van der Waals surface area contributed by atoms with Gasteiger partial charge in [0.25, 0.3) is 0 Å². The van der Waals surface area contributed by atoms with Crippen molar-refractivity contribution in [3.8, 4) is 0 Å². The van der Waals surface area contributed by atoms with Gasteiger partial charge in [0.15, 0.2) is 0 Å². The lowest BCUT2D eigenvalue weighted by Gasteiger charge is -2.35. The standard InChI is InChI=1S/C12H23NO3/c1-3-16-12(15)9-13-7-5-4-6-11(13)8-10(2)14/h10-11,14H,3-9H2,1-2H3. The summed E-state index contributed by atoms with van der Waals surface area (Å²) in [6, 6.07) is 0.332. The van der Waals surface area contributed by atoms with E-state index in [-0.39, 0.29) is 12.1 Å². The van der Waals surface area contributed by atoms with Crippen LogP contribution in [-0.4, -0.2) is 47.8 Å². The van der Waals surface area contributed by atoms with Crippen LogP contribution in [0.25, 0.3) is 0 Å². The number of esters is 1. The lowest BCUT2D eigenvalue weighted by molar-refractivity contribution is -0.145. The molecular formula is C12H23NO3. The smallest absolute Gasteiger partial charge is 0.320 e. The summed E-state index contributed by atoms with van der Waals surface area (Å²) < 4.78 is 4.95. The lowest BCUT2D eigenvalue weighted by Crippen LogP contribution is -2.44. The highest BCUT2D eigenvalue weighted by Gasteiger charge is 2.25. The van der Waals surface area contributed by atoms with E-state index in [0.717, 1.165) is 25.8 Å². The van der Waals surface area contributed by atoms with Gasteiger partial charge in [-0.25, -0.2) is 0 Å². The van der Waals surface area contributed by atoms with Crippen LogP contribution in [0.5, 0.6) is 0 Å². The Hall–Kier alpha value is -0.610. The third-order valence-electron chi connectivity index (χ3n) is 3.00. The molecule has 1 aliphatic rings. The van der Waals surface area contributed by atoms with E-state index in [1.165, 1.54) is 6.42 Å². The summed E-state index contributed by atoms with van der Waals surface area (Å²) in [5.41, 5.74) is 0. The Balaban J connectivity index is 2.43. The summed E-state index contributed by atoms with van der Waals surface area (Å²) in [7, 11) is 0. The van der Waals surface area contributed by atoms with Gasteiger partial charge < -0.3 is 9.84 Å². The third kappa shape index (κ3) is 4.49. The molecule has 0 aliphatic carbocycles. The van der Waals surface area contributed by atoms with Gasteiger partial charge in [-0.05, 0) is 39.7 Å². The van der Waals surface area contributed by atoms with Gasteiger partial charge in [0, 0.05) is 6.04 Å². The van der Waals surface area contributed by atoms with Gasteiger partial charge in [-0.15, -0.1) is 0 Å². The zero-order chi connectivity index (χ0) is 12.0. The van der Waals surface area contributed by atoms with Crippen LogP contribution < -0.4 is 0 Å². The van der Waals surface area contributed by atoms with Gasteiger partial charge in [0.05, 0.1) is 19.3 Å². The summed E-state index contributed by atoms with van der Waals surface area (Å²) in [4.78, 5) is 13.6. The van der Waals surface area contributed by atoms with Gasteiger partial charge >= 0.3 is 5.97 Å². The van der Waals surface area contributed by atoms with E-state index in [0.29, 0.717) is 19.2 Å². The molecule has 1 aliphatic heterocycles. The Morgan fingerprint density at radius 3 is 2.94 bits per heavy atom. The minimum absolute atomic E-state index is 0.153. The lowest BCUT2D eigenvalue weighted by atomic mass is 9.97. The summed E-state index contributed by atoms with van der Waals surface area (Å²) >= 11 is 0. The minimum atomic E-state index is -0.298. The highest BCUT2D eigenvalue weighted by Crippen LogP contribution is 2.20. The Morgan fingerprint density at radius 1 is 1.56 bits per heavy atom.